The average Bonchev–Trinajstić information content (AvgIpc) is 2.78. The molecule has 0 radical (unpaired) electrons. The lowest BCUT2D eigenvalue weighted by molar-refractivity contribution is 0.412. The quantitative estimate of drug-likeness (QED) is 0.941. The fourth-order valence-electron chi connectivity index (χ4n) is 1.67. The molecule has 1 aromatic carbocycles. The highest BCUT2D eigenvalue weighted by atomic mass is 79.9. The molecule has 1 heterocycles. The van der Waals surface area contributed by atoms with Crippen molar-refractivity contribution in [2.45, 2.75) is 6.54 Å². The van der Waals surface area contributed by atoms with Gasteiger partial charge in [-0.1, -0.05) is 0 Å². The first-order chi connectivity index (χ1) is 8.26. The van der Waals surface area contributed by atoms with Crippen LogP contribution < -0.4 is 10.1 Å². The Morgan fingerprint density at radius 3 is 3.00 bits per heavy atom. The number of rotatable bonds is 4. The predicted octanol–water partition coefficient (Wildman–Crippen LogP) is 2.36. The number of imidazole rings is 1. The van der Waals surface area contributed by atoms with Gasteiger partial charge in [0, 0.05) is 18.8 Å². The van der Waals surface area contributed by atoms with Gasteiger partial charge in [0.1, 0.15) is 5.75 Å². The molecule has 0 bridgehead atoms. The van der Waals surface area contributed by atoms with E-state index in [1.807, 2.05) is 36.0 Å². The van der Waals surface area contributed by atoms with Crippen molar-refractivity contribution < 1.29 is 4.74 Å². The number of ether oxygens (including phenoxy) is 1. The highest BCUT2D eigenvalue weighted by molar-refractivity contribution is 9.10. The van der Waals surface area contributed by atoms with Crippen LogP contribution in [0.4, 0.5) is 0 Å². The standard InChI is InChI=1S/C12H14BrN3O/c1-14-6-10-7-15-8-16(10)9-3-4-11(13)12(5-9)17-2/h3-5,7-8,14H,6H2,1-2H3. The molecule has 0 aliphatic rings. The summed E-state index contributed by atoms with van der Waals surface area (Å²) >= 11 is 3.44. The molecule has 0 atom stereocenters. The van der Waals surface area contributed by atoms with Crippen LogP contribution in [-0.2, 0) is 6.54 Å². The first-order valence-electron chi connectivity index (χ1n) is 5.26. The van der Waals surface area contributed by atoms with Crippen molar-refractivity contribution in [2.24, 2.45) is 0 Å². The Hall–Kier alpha value is -1.33. The summed E-state index contributed by atoms with van der Waals surface area (Å²) in [6.07, 6.45) is 3.65. The lowest BCUT2D eigenvalue weighted by atomic mass is 10.3. The van der Waals surface area contributed by atoms with Gasteiger partial charge >= 0.3 is 0 Å². The predicted molar refractivity (Wildman–Crippen MR) is 70.6 cm³/mol. The maximum Gasteiger partial charge on any atom is 0.135 e. The van der Waals surface area contributed by atoms with Crippen molar-refractivity contribution in [3.63, 3.8) is 0 Å². The van der Waals surface area contributed by atoms with E-state index >= 15 is 0 Å². The summed E-state index contributed by atoms with van der Waals surface area (Å²) in [5.74, 6) is 0.812. The maximum atomic E-state index is 5.29. The van der Waals surface area contributed by atoms with Crippen LogP contribution in [0.15, 0.2) is 35.2 Å². The molecule has 0 saturated carbocycles. The molecule has 0 spiro atoms. The van der Waals surface area contributed by atoms with Crippen molar-refractivity contribution in [2.75, 3.05) is 14.2 Å². The van der Waals surface area contributed by atoms with Gasteiger partial charge in [-0.2, -0.15) is 0 Å². The molecular formula is C12H14BrN3O. The van der Waals surface area contributed by atoms with Gasteiger partial charge in [-0.15, -0.1) is 0 Å². The summed E-state index contributed by atoms with van der Waals surface area (Å²) in [5, 5.41) is 3.12. The molecule has 5 heteroatoms. The van der Waals surface area contributed by atoms with E-state index in [0.29, 0.717) is 0 Å². The summed E-state index contributed by atoms with van der Waals surface area (Å²) in [6, 6.07) is 5.97. The lowest BCUT2D eigenvalue weighted by Gasteiger charge is -2.10. The van der Waals surface area contributed by atoms with E-state index < -0.39 is 0 Å². The number of nitrogens with one attached hydrogen (secondary N) is 1. The zero-order valence-electron chi connectivity index (χ0n) is 9.77. The zero-order valence-corrected chi connectivity index (χ0v) is 11.4. The normalized spacial score (nSPS) is 10.5. The highest BCUT2D eigenvalue weighted by Gasteiger charge is 2.06. The Kier molecular flexibility index (Phi) is 3.81. The van der Waals surface area contributed by atoms with Gasteiger partial charge < -0.3 is 14.6 Å². The minimum Gasteiger partial charge on any atom is -0.495 e. The first kappa shape index (κ1) is 12.1. The van der Waals surface area contributed by atoms with Crippen molar-refractivity contribution in [1.29, 1.82) is 0 Å². The molecule has 0 aliphatic carbocycles. The smallest absolute Gasteiger partial charge is 0.135 e. The molecule has 1 aromatic heterocycles. The molecule has 0 saturated heterocycles. The van der Waals surface area contributed by atoms with Crippen molar-refractivity contribution in [1.82, 2.24) is 14.9 Å². The van der Waals surface area contributed by atoms with Crippen LogP contribution >= 0.6 is 15.9 Å². The fourth-order valence-corrected chi connectivity index (χ4v) is 2.07. The van der Waals surface area contributed by atoms with Crippen LogP contribution in [0, 0.1) is 0 Å². The third-order valence-electron chi connectivity index (χ3n) is 2.49. The number of hydrogen-bond donors (Lipinski definition) is 1. The SMILES string of the molecule is CNCc1cncn1-c1ccc(Br)c(OC)c1. The Morgan fingerprint density at radius 2 is 2.29 bits per heavy atom. The summed E-state index contributed by atoms with van der Waals surface area (Å²) in [5.41, 5.74) is 2.14. The van der Waals surface area contributed by atoms with E-state index in [1.165, 1.54) is 0 Å². The van der Waals surface area contributed by atoms with Crippen LogP contribution in [-0.4, -0.2) is 23.7 Å². The van der Waals surface area contributed by atoms with Gasteiger partial charge in [0.05, 0.1) is 29.3 Å². The van der Waals surface area contributed by atoms with Crippen LogP contribution in [0.3, 0.4) is 0 Å². The molecule has 0 unspecified atom stereocenters. The third kappa shape index (κ3) is 2.50. The largest absolute Gasteiger partial charge is 0.495 e. The second kappa shape index (κ2) is 5.33. The zero-order chi connectivity index (χ0) is 12.3. The Balaban J connectivity index is 2.42. The van der Waals surface area contributed by atoms with E-state index in [-0.39, 0.29) is 0 Å². The average molecular weight is 296 g/mol. The van der Waals surface area contributed by atoms with Crippen LogP contribution in [0.5, 0.6) is 5.75 Å². The lowest BCUT2D eigenvalue weighted by Crippen LogP contribution is -2.09. The maximum absolute atomic E-state index is 5.29. The van der Waals surface area contributed by atoms with Gasteiger partial charge in [-0.05, 0) is 35.1 Å². The van der Waals surface area contributed by atoms with Gasteiger partial charge in [0.15, 0.2) is 0 Å². The molecule has 17 heavy (non-hydrogen) atoms. The Labute approximate surface area is 109 Å². The summed E-state index contributed by atoms with van der Waals surface area (Å²) in [6.45, 7) is 0.776. The third-order valence-corrected chi connectivity index (χ3v) is 3.14. The molecule has 0 fully saturated rings. The fraction of sp³-hybridized carbons (Fsp3) is 0.250. The molecule has 2 aromatic rings. The molecule has 1 N–H and O–H groups in total. The van der Waals surface area contributed by atoms with Gasteiger partial charge in [-0.3, -0.25) is 0 Å². The number of benzene rings is 1. The Morgan fingerprint density at radius 1 is 1.47 bits per heavy atom. The molecule has 4 nitrogen and oxygen atoms in total. The van der Waals surface area contributed by atoms with E-state index in [1.54, 1.807) is 13.4 Å². The first-order valence-corrected chi connectivity index (χ1v) is 6.05. The molecule has 2 rings (SSSR count). The van der Waals surface area contributed by atoms with E-state index in [0.717, 1.165) is 28.1 Å². The molecule has 0 amide bonds. The minimum absolute atomic E-state index is 0.776. The van der Waals surface area contributed by atoms with Gasteiger partial charge in [0.2, 0.25) is 0 Å². The second-order valence-electron chi connectivity index (χ2n) is 3.60. The second-order valence-corrected chi connectivity index (χ2v) is 4.46. The minimum atomic E-state index is 0.776. The summed E-state index contributed by atoms with van der Waals surface area (Å²) < 4.78 is 8.26. The van der Waals surface area contributed by atoms with Gasteiger partial charge in [-0.25, -0.2) is 4.98 Å². The molecule has 90 valence electrons. The number of nitrogens with zero attached hydrogens (tertiary/aromatic N) is 2. The molecular weight excluding hydrogens is 282 g/mol. The van der Waals surface area contributed by atoms with E-state index in [9.17, 15) is 0 Å². The monoisotopic (exact) mass is 295 g/mol. The highest BCUT2D eigenvalue weighted by Crippen LogP contribution is 2.27. The Bertz CT molecular complexity index is 510. The van der Waals surface area contributed by atoms with Crippen molar-refractivity contribution in [3.05, 3.63) is 40.9 Å². The summed E-state index contributed by atoms with van der Waals surface area (Å²) in [7, 11) is 3.58. The van der Waals surface area contributed by atoms with Crippen LogP contribution in [0.25, 0.3) is 5.69 Å². The van der Waals surface area contributed by atoms with Crippen molar-refractivity contribution >= 4 is 15.9 Å². The van der Waals surface area contributed by atoms with Crippen LogP contribution in [0.1, 0.15) is 5.69 Å². The number of methoxy groups -OCH3 is 1. The number of halogens is 1. The van der Waals surface area contributed by atoms with E-state index in [4.69, 9.17) is 4.74 Å². The van der Waals surface area contributed by atoms with E-state index in [2.05, 4.69) is 26.2 Å². The van der Waals surface area contributed by atoms with Crippen LogP contribution in [0.2, 0.25) is 0 Å². The summed E-state index contributed by atoms with van der Waals surface area (Å²) in [4.78, 5) is 4.17. The van der Waals surface area contributed by atoms with Gasteiger partial charge in [0.25, 0.3) is 0 Å². The van der Waals surface area contributed by atoms with Crippen molar-refractivity contribution in [3.8, 4) is 11.4 Å². The number of hydrogen-bond acceptors (Lipinski definition) is 3. The molecule has 0 aliphatic heterocycles. The topological polar surface area (TPSA) is 39.1 Å². The number of aromatic nitrogens is 2.